The van der Waals surface area contributed by atoms with Crippen molar-refractivity contribution in [2.75, 3.05) is 18.8 Å². The Morgan fingerprint density at radius 3 is 3.00 bits per heavy atom. The first-order chi connectivity index (χ1) is 6.75. The standard InChI is InChI=1S/C9H12N4O/c10-8-2-1-7(5-12-8)6-13-4-3-11-9(13)14/h1-2,5H,3-4,6H2,(H2,10,12)(H,11,14). The summed E-state index contributed by atoms with van der Waals surface area (Å²) in [5.41, 5.74) is 6.45. The van der Waals surface area contributed by atoms with Gasteiger partial charge in [0.05, 0.1) is 0 Å². The quantitative estimate of drug-likeness (QED) is 0.702. The number of nitrogens with zero attached hydrogens (tertiary/aromatic N) is 2. The summed E-state index contributed by atoms with van der Waals surface area (Å²) >= 11 is 0. The topological polar surface area (TPSA) is 71.2 Å². The predicted molar refractivity (Wildman–Crippen MR) is 52.5 cm³/mol. The lowest BCUT2D eigenvalue weighted by molar-refractivity contribution is 0.215. The molecule has 0 aromatic carbocycles. The Hall–Kier alpha value is -1.78. The summed E-state index contributed by atoms with van der Waals surface area (Å²) in [4.78, 5) is 16.9. The Morgan fingerprint density at radius 1 is 1.57 bits per heavy atom. The number of nitrogen functional groups attached to an aromatic ring is 1. The molecule has 1 aromatic heterocycles. The van der Waals surface area contributed by atoms with Gasteiger partial charge in [0.2, 0.25) is 0 Å². The van der Waals surface area contributed by atoms with E-state index in [1.165, 1.54) is 0 Å². The second kappa shape index (κ2) is 3.53. The molecule has 0 unspecified atom stereocenters. The van der Waals surface area contributed by atoms with Crippen LogP contribution in [0, 0.1) is 0 Å². The van der Waals surface area contributed by atoms with E-state index in [9.17, 15) is 4.79 Å². The fourth-order valence-electron chi connectivity index (χ4n) is 1.41. The van der Waals surface area contributed by atoms with Gasteiger partial charge >= 0.3 is 6.03 Å². The Kier molecular flexibility index (Phi) is 2.22. The highest BCUT2D eigenvalue weighted by atomic mass is 16.2. The van der Waals surface area contributed by atoms with E-state index < -0.39 is 0 Å². The van der Waals surface area contributed by atoms with E-state index in [1.807, 2.05) is 6.07 Å². The number of carbonyl (C=O) groups excluding carboxylic acids is 1. The zero-order valence-corrected chi connectivity index (χ0v) is 7.73. The van der Waals surface area contributed by atoms with Crippen molar-refractivity contribution >= 4 is 11.8 Å². The molecule has 5 heteroatoms. The highest BCUT2D eigenvalue weighted by Crippen LogP contribution is 2.07. The van der Waals surface area contributed by atoms with Gasteiger partial charge in [-0.2, -0.15) is 0 Å². The van der Waals surface area contributed by atoms with Crippen LogP contribution in [0.2, 0.25) is 0 Å². The first kappa shape index (κ1) is 8.80. The van der Waals surface area contributed by atoms with Crippen molar-refractivity contribution in [2.24, 2.45) is 0 Å². The Bertz CT molecular complexity index is 335. The Balaban J connectivity index is 2.03. The first-order valence-electron chi connectivity index (χ1n) is 4.49. The summed E-state index contributed by atoms with van der Waals surface area (Å²) in [5, 5.41) is 2.74. The van der Waals surface area contributed by atoms with E-state index in [1.54, 1.807) is 17.2 Å². The molecule has 2 heterocycles. The van der Waals surface area contributed by atoms with E-state index in [-0.39, 0.29) is 6.03 Å². The molecule has 1 aromatic rings. The number of nitrogens with two attached hydrogens (primary N) is 1. The van der Waals surface area contributed by atoms with Gasteiger partial charge in [0, 0.05) is 25.8 Å². The fourth-order valence-corrected chi connectivity index (χ4v) is 1.41. The van der Waals surface area contributed by atoms with E-state index >= 15 is 0 Å². The number of hydrogen-bond donors (Lipinski definition) is 2. The average Bonchev–Trinajstić information content (AvgIpc) is 2.56. The molecule has 2 amide bonds. The van der Waals surface area contributed by atoms with Crippen LogP contribution < -0.4 is 11.1 Å². The van der Waals surface area contributed by atoms with E-state index in [2.05, 4.69) is 10.3 Å². The third-order valence-corrected chi connectivity index (χ3v) is 2.17. The molecule has 5 nitrogen and oxygen atoms in total. The maximum absolute atomic E-state index is 11.2. The Labute approximate surface area is 81.9 Å². The maximum atomic E-state index is 11.2. The molecule has 0 bridgehead atoms. The number of aromatic nitrogens is 1. The second-order valence-electron chi connectivity index (χ2n) is 3.24. The van der Waals surface area contributed by atoms with Gasteiger partial charge in [-0.25, -0.2) is 9.78 Å². The summed E-state index contributed by atoms with van der Waals surface area (Å²) in [6, 6.07) is 3.61. The number of amides is 2. The third kappa shape index (κ3) is 1.76. The summed E-state index contributed by atoms with van der Waals surface area (Å²) in [7, 11) is 0. The van der Waals surface area contributed by atoms with Crippen molar-refractivity contribution in [2.45, 2.75) is 6.54 Å². The fraction of sp³-hybridized carbons (Fsp3) is 0.333. The van der Waals surface area contributed by atoms with E-state index in [0.29, 0.717) is 12.4 Å². The average molecular weight is 192 g/mol. The van der Waals surface area contributed by atoms with Gasteiger partial charge in [-0.15, -0.1) is 0 Å². The lowest BCUT2D eigenvalue weighted by Crippen LogP contribution is -2.27. The Morgan fingerprint density at radius 2 is 2.43 bits per heavy atom. The zero-order valence-electron chi connectivity index (χ0n) is 7.73. The highest BCUT2D eigenvalue weighted by molar-refractivity contribution is 5.76. The molecular formula is C9H12N4O. The monoisotopic (exact) mass is 192 g/mol. The maximum Gasteiger partial charge on any atom is 0.317 e. The van der Waals surface area contributed by atoms with Gasteiger partial charge in [-0.1, -0.05) is 6.07 Å². The van der Waals surface area contributed by atoms with Gasteiger partial charge in [0.1, 0.15) is 5.82 Å². The zero-order chi connectivity index (χ0) is 9.97. The number of carbonyl (C=O) groups is 1. The van der Waals surface area contributed by atoms with E-state index in [4.69, 9.17) is 5.73 Å². The molecule has 0 atom stereocenters. The molecule has 1 saturated heterocycles. The third-order valence-electron chi connectivity index (χ3n) is 2.17. The molecule has 3 N–H and O–H groups in total. The summed E-state index contributed by atoms with van der Waals surface area (Å²) < 4.78 is 0. The molecule has 14 heavy (non-hydrogen) atoms. The SMILES string of the molecule is Nc1ccc(CN2CCNC2=O)cn1. The molecule has 0 spiro atoms. The summed E-state index contributed by atoms with van der Waals surface area (Å²) in [6.07, 6.45) is 1.70. The number of pyridine rings is 1. The summed E-state index contributed by atoms with van der Waals surface area (Å²) in [5.74, 6) is 0.500. The highest BCUT2D eigenvalue weighted by Gasteiger charge is 2.18. The number of rotatable bonds is 2. The second-order valence-corrected chi connectivity index (χ2v) is 3.24. The minimum absolute atomic E-state index is 0.0122. The molecule has 0 saturated carbocycles. The predicted octanol–water partition coefficient (Wildman–Crippen LogP) is 0.189. The number of anilines is 1. The van der Waals surface area contributed by atoms with Gasteiger partial charge in [-0.05, 0) is 11.6 Å². The van der Waals surface area contributed by atoms with Crippen LogP contribution in [0.25, 0.3) is 0 Å². The van der Waals surface area contributed by atoms with Crippen molar-refractivity contribution < 1.29 is 4.79 Å². The van der Waals surface area contributed by atoms with Crippen LogP contribution in [0.5, 0.6) is 0 Å². The number of urea groups is 1. The van der Waals surface area contributed by atoms with Crippen LogP contribution in [-0.4, -0.2) is 29.0 Å². The molecule has 0 radical (unpaired) electrons. The normalized spacial score (nSPS) is 15.7. The molecule has 1 aliphatic heterocycles. The van der Waals surface area contributed by atoms with Crippen molar-refractivity contribution in [3.05, 3.63) is 23.9 Å². The van der Waals surface area contributed by atoms with Gasteiger partial charge < -0.3 is 16.0 Å². The van der Waals surface area contributed by atoms with Gasteiger partial charge in [0.15, 0.2) is 0 Å². The minimum atomic E-state index is -0.0122. The van der Waals surface area contributed by atoms with E-state index in [0.717, 1.165) is 18.7 Å². The largest absolute Gasteiger partial charge is 0.384 e. The smallest absolute Gasteiger partial charge is 0.317 e. The van der Waals surface area contributed by atoms with Crippen LogP contribution in [0.1, 0.15) is 5.56 Å². The van der Waals surface area contributed by atoms with Gasteiger partial charge in [-0.3, -0.25) is 0 Å². The van der Waals surface area contributed by atoms with Crippen molar-refractivity contribution in [1.29, 1.82) is 0 Å². The van der Waals surface area contributed by atoms with Crippen LogP contribution >= 0.6 is 0 Å². The van der Waals surface area contributed by atoms with Crippen LogP contribution in [0.4, 0.5) is 10.6 Å². The minimum Gasteiger partial charge on any atom is -0.384 e. The van der Waals surface area contributed by atoms with Crippen LogP contribution in [0.15, 0.2) is 18.3 Å². The first-order valence-corrected chi connectivity index (χ1v) is 4.49. The molecule has 1 fully saturated rings. The van der Waals surface area contributed by atoms with Crippen molar-refractivity contribution in [3.63, 3.8) is 0 Å². The number of nitrogens with one attached hydrogen (secondary N) is 1. The van der Waals surface area contributed by atoms with Gasteiger partial charge in [0.25, 0.3) is 0 Å². The molecule has 74 valence electrons. The van der Waals surface area contributed by atoms with Crippen molar-refractivity contribution in [3.8, 4) is 0 Å². The van der Waals surface area contributed by atoms with Crippen molar-refractivity contribution in [1.82, 2.24) is 15.2 Å². The lowest BCUT2D eigenvalue weighted by Gasteiger charge is -2.13. The number of hydrogen-bond acceptors (Lipinski definition) is 3. The summed E-state index contributed by atoms with van der Waals surface area (Å²) in [6.45, 7) is 2.07. The molecule has 0 aliphatic carbocycles. The molecular weight excluding hydrogens is 180 g/mol. The van der Waals surface area contributed by atoms with Crippen LogP contribution in [0.3, 0.4) is 0 Å². The lowest BCUT2D eigenvalue weighted by atomic mass is 10.2. The molecule has 1 aliphatic rings. The van der Waals surface area contributed by atoms with Crippen LogP contribution in [-0.2, 0) is 6.54 Å². The molecule has 2 rings (SSSR count).